The maximum atomic E-state index is 13.1. The first-order chi connectivity index (χ1) is 48.7. The molecule has 0 aromatic carbocycles. The fourth-order valence-corrected chi connectivity index (χ4v) is 10.9. The van der Waals surface area contributed by atoms with Crippen molar-refractivity contribution in [2.75, 3.05) is 39.6 Å². The highest BCUT2D eigenvalue weighted by atomic mass is 31.2. The van der Waals surface area contributed by atoms with Crippen LogP contribution in [0.4, 0.5) is 0 Å². The van der Waals surface area contributed by atoms with Crippen LogP contribution in [0.1, 0.15) is 272 Å². The molecule has 0 aliphatic heterocycles. The molecule has 5 unspecified atom stereocenters. The zero-order valence-corrected chi connectivity index (χ0v) is 63.6. The van der Waals surface area contributed by atoms with Crippen LogP contribution in [0.2, 0.25) is 0 Å². The lowest BCUT2D eigenvalue weighted by Gasteiger charge is -2.21. The van der Waals surface area contributed by atoms with Crippen LogP contribution in [0.25, 0.3) is 0 Å². The van der Waals surface area contributed by atoms with Gasteiger partial charge in [-0.1, -0.05) is 263 Å². The van der Waals surface area contributed by atoms with Crippen molar-refractivity contribution in [3.05, 3.63) is 158 Å². The number of carbonyl (C=O) groups is 4. The number of esters is 4. The third-order valence-electron chi connectivity index (χ3n) is 15.0. The molecule has 0 radical (unpaired) electrons. The number of unbranched alkanes of at least 4 members (excludes halogenated alkanes) is 18. The van der Waals surface area contributed by atoms with Gasteiger partial charge < -0.3 is 33.8 Å². The molecule has 0 aliphatic rings. The van der Waals surface area contributed by atoms with E-state index in [9.17, 15) is 43.2 Å². The van der Waals surface area contributed by atoms with E-state index >= 15 is 0 Å². The Morgan fingerprint density at radius 3 is 0.900 bits per heavy atom. The number of allylic oxidation sites excluding steroid dienone is 25. The van der Waals surface area contributed by atoms with Crippen LogP contribution in [-0.4, -0.2) is 96.7 Å². The molecule has 3 N–H and O–H groups in total. The standard InChI is InChI=1S/C81H132O17P2/c1-5-9-13-17-21-25-29-32-35-36-37-38-41-43-47-50-54-58-62-66-79(84)92-72-77(98-81(86)68-64-60-56-52-48-44-40-34-31-27-23-19-15-11-7-3)74-96-100(89,90)94-70-75(82)69-93-99(87,88)95-73-76(97-80(85)67-63-59-55-51-45-28-24-20-16-12-8-4)71-91-78(83)65-61-57-53-49-46-42-39-33-30-26-22-18-14-10-6-2/h9-11,13-15,20-27,32-35,37-40,48,52,60,64,75-77,82H,5-8,12,16-19,28-31,36,41-47,49-51,53-59,61-63,65-74H2,1-4H3,(H,87,88)(H,89,90)/b13-9-,14-10-,15-11-,24-20-,25-21-,26-22-,27-23-,35-32-,38-37-,39-33-,40-34-,52-48-,64-60-. The van der Waals surface area contributed by atoms with E-state index in [4.69, 9.17) is 37.0 Å². The number of hydrogen-bond acceptors (Lipinski definition) is 15. The van der Waals surface area contributed by atoms with Crippen molar-refractivity contribution in [2.24, 2.45) is 0 Å². The fraction of sp³-hybridized carbons (Fsp3) is 0.630. The molecule has 100 heavy (non-hydrogen) atoms. The lowest BCUT2D eigenvalue weighted by atomic mass is 10.1. The van der Waals surface area contributed by atoms with Crippen LogP contribution < -0.4 is 0 Å². The van der Waals surface area contributed by atoms with Crippen molar-refractivity contribution in [3.8, 4) is 0 Å². The van der Waals surface area contributed by atoms with Crippen molar-refractivity contribution in [1.82, 2.24) is 0 Å². The number of hydrogen-bond donors (Lipinski definition) is 3. The Balaban J connectivity index is 5.43. The van der Waals surface area contributed by atoms with Crippen molar-refractivity contribution < 1.29 is 80.2 Å². The van der Waals surface area contributed by atoms with E-state index in [1.165, 1.54) is 12.8 Å². The quantitative estimate of drug-likeness (QED) is 0.0169. The Morgan fingerprint density at radius 1 is 0.300 bits per heavy atom. The monoisotopic (exact) mass is 1440 g/mol. The summed E-state index contributed by atoms with van der Waals surface area (Å²) in [6.45, 7) is 4.31. The number of ether oxygens (including phenoxy) is 4. The number of rotatable bonds is 69. The predicted octanol–water partition coefficient (Wildman–Crippen LogP) is 21.7. The van der Waals surface area contributed by atoms with E-state index in [2.05, 4.69) is 161 Å². The molecule has 0 aromatic rings. The van der Waals surface area contributed by atoms with Gasteiger partial charge in [-0.15, -0.1) is 0 Å². The Labute approximate surface area is 604 Å². The molecular formula is C81H132O17P2. The molecule has 0 saturated heterocycles. The number of aliphatic hydroxyl groups is 1. The maximum Gasteiger partial charge on any atom is 0.472 e. The number of aliphatic hydroxyl groups excluding tert-OH is 1. The molecule has 19 heteroatoms. The molecule has 0 aliphatic carbocycles. The summed E-state index contributed by atoms with van der Waals surface area (Å²) in [5, 5.41) is 10.6. The lowest BCUT2D eigenvalue weighted by Crippen LogP contribution is -2.30. The SMILES string of the molecule is CC/C=C\C/C=C\C/C=C\C/C=C\C/C=C\CC(=O)OC(COC(=O)CCCCCCCC/C=C\C/C=C\C/C=C\C/C=C\CC)COP(=O)(O)OCC(O)COP(=O)(O)OCC(COC(=O)CCCCCCC/C=C\C/C=C\C/C=C\CC)OC(=O)CCCCCCC/C=C\CCCC. The van der Waals surface area contributed by atoms with Crippen molar-refractivity contribution in [1.29, 1.82) is 0 Å². The molecule has 0 amide bonds. The molecule has 0 spiro atoms. The first kappa shape index (κ1) is 94.7. The second-order valence-corrected chi connectivity index (χ2v) is 27.4. The summed E-state index contributed by atoms with van der Waals surface area (Å²) in [7, 11) is -10.00. The van der Waals surface area contributed by atoms with Crippen LogP contribution in [0.5, 0.6) is 0 Å². The van der Waals surface area contributed by atoms with Crippen molar-refractivity contribution in [2.45, 2.75) is 290 Å². The van der Waals surface area contributed by atoms with Gasteiger partial charge in [0, 0.05) is 19.3 Å². The van der Waals surface area contributed by atoms with Gasteiger partial charge in [-0.3, -0.25) is 37.3 Å². The maximum absolute atomic E-state index is 13.1. The highest BCUT2D eigenvalue weighted by molar-refractivity contribution is 7.47. The Kier molecular flexibility index (Phi) is 68.2. The van der Waals surface area contributed by atoms with Gasteiger partial charge in [-0.05, 0) is 141 Å². The van der Waals surface area contributed by atoms with E-state index in [0.717, 1.165) is 180 Å². The minimum atomic E-state index is -5.01. The molecule has 0 heterocycles. The van der Waals surface area contributed by atoms with Crippen molar-refractivity contribution in [3.63, 3.8) is 0 Å². The second-order valence-electron chi connectivity index (χ2n) is 24.5. The van der Waals surface area contributed by atoms with Gasteiger partial charge in [0.1, 0.15) is 19.3 Å². The van der Waals surface area contributed by atoms with E-state index < -0.39 is 97.5 Å². The predicted molar refractivity (Wildman–Crippen MR) is 408 cm³/mol. The summed E-state index contributed by atoms with van der Waals surface area (Å²) in [6.07, 6.45) is 82.8. The molecule has 17 nitrogen and oxygen atoms in total. The second kappa shape index (κ2) is 72.0. The summed E-state index contributed by atoms with van der Waals surface area (Å²) in [5.74, 6) is -2.38. The average Bonchev–Trinajstić information content (AvgIpc) is 0.926. The van der Waals surface area contributed by atoms with Crippen LogP contribution >= 0.6 is 15.6 Å². The van der Waals surface area contributed by atoms with Crippen LogP contribution in [0.15, 0.2) is 158 Å². The Bertz CT molecular complexity index is 2520. The first-order valence-corrected chi connectivity index (χ1v) is 40.7. The Morgan fingerprint density at radius 2 is 0.560 bits per heavy atom. The molecule has 0 bridgehead atoms. The van der Waals surface area contributed by atoms with E-state index in [-0.39, 0.29) is 25.7 Å². The van der Waals surface area contributed by atoms with E-state index in [1.54, 1.807) is 12.2 Å². The zero-order chi connectivity index (χ0) is 73.2. The third-order valence-corrected chi connectivity index (χ3v) is 16.9. The summed E-state index contributed by atoms with van der Waals surface area (Å²) in [5.41, 5.74) is 0. The summed E-state index contributed by atoms with van der Waals surface area (Å²) < 4.78 is 68.2. The zero-order valence-electron chi connectivity index (χ0n) is 61.8. The third kappa shape index (κ3) is 71.1. The molecule has 0 rings (SSSR count). The minimum Gasteiger partial charge on any atom is -0.462 e. The smallest absolute Gasteiger partial charge is 0.462 e. The topological polar surface area (TPSA) is 237 Å². The Hall–Kier alpha value is -5.32. The van der Waals surface area contributed by atoms with Gasteiger partial charge in [-0.2, -0.15) is 0 Å². The van der Waals surface area contributed by atoms with E-state index in [0.29, 0.717) is 25.7 Å². The van der Waals surface area contributed by atoms with Gasteiger partial charge >= 0.3 is 39.5 Å². The van der Waals surface area contributed by atoms with Crippen LogP contribution in [0, 0.1) is 0 Å². The summed E-state index contributed by atoms with van der Waals surface area (Å²) in [4.78, 5) is 72.7. The number of carbonyl (C=O) groups excluding carboxylic acids is 4. The van der Waals surface area contributed by atoms with Crippen molar-refractivity contribution >= 4 is 39.5 Å². The van der Waals surface area contributed by atoms with Gasteiger partial charge in [0.2, 0.25) is 0 Å². The summed E-state index contributed by atoms with van der Waals surface area (Å²) in [6, 6.07) is 0. The molecular weight excluding hydrogens is 1310 g/mol. The highest BCUT2D eigenvalue weighted by Crippen LogP contribution is 2.45. The van der Waals surface area contributed by atoms with Gasteiger partial charge in [-0.25, -0.2) is 9.13 Å². The van der Waals surface area contributed by atoms with E-state index in [1.807, 2.05) is 12.2 Å². The van der Waals surface area contributed by atoms with Crippen LogP contribution in [-0.2, 0) is 65.4 Å². The lowest BCUT2D eigenvalue weighted by molar-refractivity contribution is -0.161. The summed E-state index contributed by atoms with van der Waals surface area (Å²) >= 11 is 0. The minimum absolute atomic E-state index is 0.0734. The number of phosphoric acid groups is 2. The van der Waals surface area contributed by atoms with Gasteiger partial charge in [0.05, 0.1) is 32.8 Å². The molecule has 0 fully saturated rings. The number of phosphoric ester groups is 2. The fourth-order valence-electron chi connectivity index (χ4n) is 9.34. The van der Waals surface area contributed by atoms with Gasteiger partial charge in [0.25, 0.3) is 0 Å². The van der Waals surface area contributed by atoms with Crippen LogP contribution in [0.3, 0.4) is 0 Å². The first-order valence-electron chi connectivity index (χ1n) is 37.7. The average molecular weight is 1440 g/mol. The molecule has 0 aromatic heterocycles. The molecule has 568 valence electrons. The molecule has 5 atom stereocenters. The largest absolute Gasteiger partial charge is 0.472 e. The molecule has 0 saturated carbocycles. The van der Waals surface area contributed by atoms with Gasteiger partial charge in [0.15, 0.2) is 12.2 Å². The highest BCUT2D eigenvalue weighted by Gasteiger charge is 2.30. The normalized spacial score (nSPS) is 14.8.